The van der Waals surface area contributed by atoms with Crippen LogP contribution in [0.5, 0.6) is 11.8 Å². The lowest BCUT2D eigenvalue weighted by Crippen LogP contribution is -2.45. The lowest BCUT2D eigenvalue weighted by Gasteiger charge is -2.32. The van der Waals surface area contributed by atoms with Gasteiger partial charge in [0.25, 0.3) is 5.91 Å². The predicted molar refractivity (Wildman–Crippen MR) is 205 cm³/mol. The van der Waals surface area contributed by atoms with Crippen LogP contribution in [0.4, 0.5) is 35.5 Å². The second-order valence-corrected chi connectivity index (χ2v) is 14.8. The van der Waals surface area contributed by atoms with Crippen LogP contribution in [0.3, 0.4) is 0 Å². The van der Waals surface area contributed by atoms with Gasteiger partial charge in [-0.3, -0.25) is 4.79 Å². The summed E-state index contributed by atoms with van der Waals surface area (Å²) in [7, 11) is 0. The number of allylic oxidation sites excluding steroid dienone is 3. The van der Waals surface area contributed by atoms with E-state index in [2.05, 4.69) is 30.9 Å². The van der Waals surface area contributed by atoms with E-state index in [0.717, 1.165) is 17.7 Å². The van der Waals surface area contributed by atoms with Crippen LogP contribution in [0.1, 0.15) is 54.1 Å². The molecule has 5 aliphatic rings. The molecule has 6 bridgehead atoms. The summed E-state index contributed by atoms with van der Waals surface area (Å²) in [6, 6.07) is 11.7. The molecule has 0 saturated heterocycles. The van der Waals surface area contributed by atoms with Gasteiger partial charge >= 0.3 is 24.1 Å². The van der Waals surface area contributed by atoms with Crippen LogP contribution in [0, 0.1) is 18.3 Å². The number of hydrogen-bond acceptors (Lipinski definition) is 13. The number of carbonyl (C=O) groups is 2. The fourth-order valence-electron chi connectivity index (χ4n) is 5.91. The predicted octanol–water partition coefficient (Wildman–Crippen LogP) is 7.36. The van der Waals surface area contributed by atoms with Gasteiger partial charge in [0.05, 0.1) is 23.8 Å². The van der Waals surface area contributed by atoms with E-state index in [4.69, 9.17) is 34.6 Å². The fraction of sp³-hybridized carbons (Fsp3) is 0.385. The molecule has 4 aliphatic heterocycles. The molecule has 1 atom stereocenters. The highest BCUT2D eigenvalue weighted by molar-refractivity contribution is 6.32. The standard InChI is InChI=1S/C39H41ClF3N7O8/c1-23-31(58-37(53)57-23)20-56-36(52)50-15-4-16-54-30-14-7-25(17-29(30)40)18-44-33-47-34(46-28-12-8-26(9-13-28)32(51)45-21-38(2,3)22-50)49-35(48-33)55-19-24-5-10-27(11-6-24)39(41,42)43/h5,7-14,17,24H,4,6,15-16,18-22H2,1-3H3,(H,45,51)(H2,44,46,47,48,49). The number of anilines is 3. The van der Waals surface area contributed by atoms with Crippen molar-refractivity contribution in [2.75, 3.05) is 43.5 Å². The third-order valence-electron chi connectivity index (χ3n) is 9.00. The van der Waals surface area contributed by atoms with E-state index in [1.54, 1.807) is 42.5 Å². The van der Waals surface area contributed by atoms with Crippen LogP contribution >= 0.6 is 11.6 Å². The normalized spacial score (nSPS) is 17.6. The average Bonchev–Trinajstić information content (AvgIpc) is 3.51. The number of benzene rings is 2. The van der Waals surface area contributed by atoms with Crippen LogP contribution in [0.15, 0.2) is 79.9 Å². The van der Waals surface area contributed by atoms with Crippen molar-refractivity contribution in [3.8, 4) is 11.8 Å². The van der Waals surface area contributed by atoms with Crippen molar-refractivity contribution in [2.24, 2.45) is 11.3 Å². The van der Waals surface area contributed by atoms with Crippen molar-refractivity contribution >= 4 is 41.2 Å². The molecule has 1 aliphatic carbocycles. The maximum absolute atomic E-state index is 13.3. The van der Waals surface area contributed by atoms with E-state index in [9.17, 15) is 27.6 Å². The number of alkyl halides is 3. The van der Waals surface area contributed by atoms with Gasteiger partial charge in [0.15, 0.2) is 18.1 Å². The van der Waals surface area contributed by atoms with Gasteiger partial charge in [-0.1, -0.05) is 49.7 Å². The number of halogens is 4. The summed E-state index contributed by atoms with van der Waals surface area (Å²) in [6.07, 6.45) is -0.940. The van der Waals surface area contributed by atoms with Crippen LogP contribution in [0.25, 0.3) is 0 Å². The molecule has 308 valence electrons. The molecule has 1 unspecified atom stereocenters. The SMILES string of the molecule is Cc1oc(=O)oc1COC(=O)N1CCCOc2ccc(cc2Cl)CNc2nc(nc(OCC3C=CC(C(F)(F)F)=CC3)n2)Nc2ccc(cc2)C(=O)NCC(C)(C)C1. The molecular formula is C39H41ClF3N7O8. The van der Waals surface area contributed by atoms with Crippen LogP contribution < -0.4 is 31.2 Å². The molecule has 2 amide bonds. The summed E-state index contributed by atoms with van der Waals surface area (Å²) in [5, 5.41) is 9.48. The number of nitrogens with zero attached hydrogens (tertiary/aromatic N) is 4. The number of amides is 2. The molecule has 2 aromatic heterocycles. The Morgan fingerprint density at radius 2 is 1.83 bits per heavy atom. The van der Waals surface area contributed by atoms with Gasteiger partial charge in [-0.15, -0.1) is 0 Å². The van der Waals surface area contributed by atoms with E-state index in [0.29, 0.717) is 28.4 Å². The summed E-state index contributed by atoms with van der Waals surface area (Å²) in [5.41, 5.74) is 0.346. The molecule has 2 aromatic carbocycles. The zero-order valence-corrected chi connectivity index (χ0v) is 32.5. The van der Waals surface area contributed by atoms with E-state index in [-0.39, 0.29) is 93.7 Å². The Kier molecular flexibility index (Phi) is 12.9. The minimum atomic E-state index is -4.42. The molecule has 4 aromatic rings. The van der Waals surface area contributed by atoms with Crippen molar-refractivity contribution < 1.29 is 45.8 Å². The molecular weight excluding hydrogens is 787 g/mol. The van der Waals surface area contributed by atoms with Crippen molar-refractivity contribution in [3.05, 3.63) is 105 Å². The maximum Gasteiger partial charge on any atom is 0.519 e. The zero-order valence-electron chi connectivity index (χ0n) is 31.8. The Bertz CT molecular complexity index is 2220. The molecule has 6 heterocycles. The maximum atomic E-state index is 13.3. The Labute approximate surface area is 335 Å². The number of nitrogens with one attached hydrogen (secondary N) is 3. The molecule has 3 N–H and O–H groups in total. The fourth-order valence-corrected chi connectivity index (χ4v) is 6.17. The van der Waals surface area contributed by atoms with Gasteiger partial charge in [-0.2, -0.15) is 28.1 Å². The first-order chi connectivity index (χ1) is 27.6. The lowest BCUT2D eigenvalue weighted by atomic mass is 9.92. The Hall–Kier alpha value is -6.04. The van der Waals surface area contributed by atoms with E-state index >= 15 is 0 Å². The third kappa shape index (κ3) is 11.5. The highest BCUT2D eigenvalue weighted by Gasteiger charge is 2.33. The number of hydrogen-bond donors (Lipinski definition) is 3. The third-order valence-corrected chi connectivity index (χ3v) is 9.30. The minimum Gasteiger partial charge on any atom is -0.492 e. The van der Waals surface area contributed by atoms with Gasteiger partial charge < -0.3 is 43.9 Å². The van der Waals surface area contributed by atoms with E-state index in [1.165, 1.54) is 17.9 Å². The Morgan fingerprint density at radius 1 is 1.05 bits per heavy atom. The molecule has 19 heteroatoms. The van der Waals surface area contributed by atoms with Crippen LogP contribution in [-0.2, 0) is 17.9 Å². The second-order valence-electron chi connectivity index (χ2n) is 14.4. The molecule has 9 rings (SSSR count). The molecule has 0 spiro atoms. The van der Waals surface area contributed by atoms with Gasteiger partial charge in [0.1, 0.15) is 5.75 Å². The van der Waals surface area contributed by atoms with Gasteiger partial charge in [0, 0.05) is 43.3 Å². The minimum absolute atomic E-state index is 0.0213. The van der Waals surface area contributed by atoms with Crippen LogP contribution in [-0.4, -0.2) is 70.9 Å². The highest BCUT2D eigenvalue weighted by Crippen LogP contribution is 2.31. The number of aromatic nitrogens is 3. The summed E-state index contributed by atoms with van der Waals surface area (Å²) >= 11 is 6.59. The zero-order chi connectivity index (χ0) is 41.5. The quantitative estimate of drug-likeness (QED) is 0.182. The molecule has 0 saturated carbocycles. The average molecular weight is 828 g/mol. The summed E-state index contributed by atoms with van der Waals surface area (Å²) in [4.78, 5) is 52.7. The van der Waals surface area contributed by atoms with Gasteiger partial charge in [-0.25, -0.2) is 9.59 Å². The largest absolute Gasteiger partial charge is 0.519 e. The van der Waals surface area contributed by atoms with Gasteiger partial charge in [0.2, 0.25) is 11.9 Å². The monoisotopic (exact) mass is 827 g/mol. The molecule has 0 fully saturated rings. The molecule has 0 radical (unpaired) electrons. The molecule has 15 nitrogen and oxygen atoms in total. The topological polar surface area (TPSA) is 183 Å². The van der Waals surface area contributed by atoms with Crippen molar-refractivity contribution in [2.45, 2.75) is 52.9 Å². The number of aryl methyl sites for hydroxylation is 1. The Balaban J connectivity index is 1.19. The summed E-state index contributed by atoms with van der Waals surface area (Å²) < 4.78 is 66.3. The van der Waals surface area contributed by atoms with E-state index in [1.807, 2.05) is 13.8 Å². The first-order valence-corrected chi connectivity index (χ1v) is 18.6. The summed E-state index contributed by atoms with van der Waals surface area (Å²) in [5.74, 6) is -0.602. The number of carbonyl (C=O) groups excluding carboxylic acids is 2. The smallest absolute Gasteiger partial charge is 0.492 e. The summed E-state index contributed by atoms with van der Waals surface area (Å²) in [6.45, 7) is 6.08. The molecule has 58 heavy (non-hydrogen) atoms. The first kappa shape index (κ1) is 41.6. The first-order valence-electron chi connectivity index (χ1n) is 18.3. The highest BCUT2D eigenvalue weighted by atomic mass is 35.5. The number of ether oxygens (including phenoxy) is 3. The Morgan fingerprint density at radius 3 is 2.52 bits per heavy atom. The number of rotatable bonds is 5. The van der Waals surface area contributed by atoms with Gasteiger partial charge in [-0.05, 0) is 67.1 Å². The van der Waals surface area contributed by atoms with Crippen molar-refractivity contribution in [1.29, 1.82) is 0 Å². The second kappa shape index (κ2) is 18.0. The van der Waals surface area contributed by atoms with E-state index < -0.39 is 29.1 Å². The van der Waals surface area contributed by atoms with Crippen LogP contribution in [0.2, 0.25) is 5.02 Å². The lowest BCUT2D eigenvalue weighted by molar-refractivity contribution is -0.0888. The van der Waals surface area contributed by atoms with Crippen molar-refractivity contribution in [1.82, 2.24) is 25.2 Å². The van der Waals surface area contributed by atoms with Crippen molar-refractivity contribution in [3.63, 3.8) is 0 Å².